The van der Waals surface area contributed by atoms with Gasteiger partial charge in [0.25, 0.3) is 0 Å². The first kappa shape index (κ1) is 18.7. The van der Waals surface area contributed by atoms with Gasteiger partial charge >= 0.3 is 0 Å². The monoisotopic (exact) mass is 438 g/mol. The highest BCUT2D eigenvalue weighted by molar-refractivity contribution is 6.20. The zero-order valence-corrected chi connectivity index (χ0v) is 18.1. The Hall–Kier alpha value is -4.84. The maximum Gasteiger partial charge on any atom is 0.161 e. The van der Waals surface area contributed by atoms with Gasteiger partial charge in [0.05, 0.1) is 22.6 Å². The van der Waals surface area contributed by atoms with E-state index < -0.39 is 0 Å². The standard InChI is InChI=1S/C28H18N6/c1-3-9-19(10-4-1)27-30-16-15-24(32-27)34-23-17-29-18-31-26(23)25-21-13-7-8-14-22(21)33(28(25)34)20-11-5-2-6-12-20/h1-18H. The van der Waals surface area contributed by atoms with Gasteiger partial charge in [-0.15, -0.1) is 0 Å². The number of hydrogen-bond acceptors (Lipinski definition) is 4. The second-order valence-electron chi connectivity index (χ2n) is 8.08. The van der Waals surface area contributed by atoms with Crippen LogP contribution < -0.4 is 0 Å². The Labute approximate surface area is 194 Å². The molecule has 0 N–H and O–H groups in total. The molecule has 0 radical (unpaired) electrons. The van der Waals surface area contributed by atoms with Crippen molar-refractivity contribution in [2.24, 2.45) is 0 Å². The van der Waals surface area contributed by atoms with E-state index in [0.717, 1.165) is 50.0 Å². The lowest BCUT2D eigenvalue weighted by Crippen LogP contribution is -2.04. The Bertz CT molecular complexity index is 1800. The molecule has 34 heavy (non-hydrogen) atoms. The third-order valence-corrected chi connectivity index (χ3v) is 6.15. The predicted octanol–water partition coefficient (Wildman–Crippen LogP) is 5.97. The van der Waals surface area contributed by atoms with Gasteiger partial charge in [0.15, 0.2) is 5.82 Å². The van der Waals surface area contributed by atoms with Gasteiger partial charge in [0.2, 0.25) is 0 Å². The Morgan fingerprint density at radius 3 is 2.26 bits per heavy atom. The highest BCUT2D eigenvalue weighted by Gasteiger charge is 2.23. The molecule has 0 aliphatic carbocycles. The van der Waals surface area contributed by atoms with Crippen molar-refractivity contribution < 1.29 is 0 Å². The van der Waals surface area contributed by atoms with Crippen molar-refractivity contribution in [1.29, 1.82) is 0 Å². The number of fused-ring (bicyclic) bond motifs is 5. The van der Waals surface area contributed by atoms with Crippen LogP contribution in [0.25, 0.3) is 55.9 Å². The minimum atomic E-state index is 0.673. The largest absolute Gasteiger partial charge is 0.295 e. The molecule has 7 rings (SSSR count). The zero-order valence-electron chi connectivity index (χ0n) is 18.1. The second-order valence-corrected chi connectivity index (χ2v) is 8.08. The summed E-state index contributed by atoms with van der Waals surface area (Å²) in [5, 5.41) is 2.22. The molecule has 4 aromatic heterocycles. The predicted molar refractivity (Wildman–Crippen MR) is 134 cm³/mol. The summed E-state index contributed by atoms with van der Waals surface area (Å²) in [4.78, 5) is 18.6. The van der Waals surface area contributed by atoms with Crippen LogP contribution in [-0.4, -0.2) is 29.1 Å². The first-order valence-corrected chi connectivity index (χ1v) is 11.1. The van der Waals surface area contributed by atoms with Crippen LogP contribution in [0.1, 0.15) is 0 Å². The maximum atomic E-state index is 4.97. The summed E-state index contributed by atoms with van der Waals surface area (Å²) >= 11 is 0. The summed E-state index contributed by atoms with van der Waals surface area (Å²) in [5.74, 6) is 1.44. The normalized spacial score (nSPS) is 11.5. The van der Waals surface area contributed by atoms with E-state index in [2.05, 4.69) is 67.6 Å². The summed E-state index contributed by atoms with van der Waals surface area (Å²) in [6.45, 7) is 0. The zero-order chi connectivity index (χ0) is 22.5. The molecule has 0 atom stereocenters. The quantitative estimate of drug-likeness (QED) is 0.341. The molecule has 0 fully saturated rings. The average molecular weight is 438 g/mol. The Morgan fingerprint density at radius 2 is 1.41 bits per heavy atom. The molecule has 6 nitrogen and oxygen atoms in total. The van der Waals surface area contributed by atoms with Crippen LogP contribution in [0.5, 0.6) is 0 Å². The lowest BCUT2D eigenvalue weighted by Gasteiger charge is -2.12. The van der Waals surface area contributed by atoms with Crippen LogP contribution in [0, 0.1) is 0 Å². The first-order chi connectivity index (χ1) is 16.9. The highest BCUT2D eigenvalue weighted by Crippen LogP contribution is 2.39. The van der Waals surface area contributed by atoms with Crippen LogP contribution in [0.3, 0.4) is 0 Å². The molecule has 0 spiro atoms. The van der Waals surface area contributed by atoms with Gasteiger partial charge in [-0.2, -0.15) is 0 Å². The minimum absolute atomic E-state index is 0.673. The SMILES string of the molecule is c1ccc(-c2nccc(-n3c4cncnc4c4c5ccccc5n(-c5ccccc5)c43)n2)cc1. The van der Waals surface area contributed by atoms with Crippen molar-refractivity contribution in [2.45, 2.75) is 0 Å². The number of rotatable bonds is 3. The van der Waals surface area contributed by atoms with Crippen molar-refractivity contribution in [3.63, 3.8) is 0 Å². The van der Waals surface area contributed by atoms with Gasteiger partial charge in [0, 0.05) is 22.8 Å². The number of para-hydroxylation sites is 2. The molecule has 160 valence electrons. The van der Waals surface area contributed by atoms with Gasteiger partial charge in [-0.1, -0.05) is 66.7 Å². The Morgan fingerprint density at radius 1 is 0.647 bits per heavy atom. The van der Waals surface area contributed by atoms with Crippen LogP contribution in [0.4, 0.5) is 0 Å². The van der Waals surface area contributed by atoms with E-state index in [0.29, 0.717) is 5.82 Å². The van der Waals surface area contributed by atoms with Crippen LogP contribution in [0.2, 0.25) is 0 Å². The molecule has 0 amide bonds. The van der Waals surface area contributed by atoms with E-state index >= 15 is 0 Å². The summed E-state index contributed by atoms with van der Waals surface area (Å²) in [5.41, 5.74) is 5.96. The van der Waals surface area contributed by atoms with Crippen molar-refractivity contribution in [2.75, 3.05) is 0 Å². The summed E-state index contributed by atoms with van der Waals surface area (Å²) in [6.07, 6.45) is 5.27. The van der Waals surface area contributed by atoms with Gasteiger partial charge in [0.1, 0.15) is 23.3 Å². The maximum absolute atomic E-state index is 4.97. The van der Waals surface area contributed by atoms with Crippen molar-refractivity contribution >= 4 is 33.0 Å². The van der Waals surface area contributed by atoms with E-state index in [4.69, 9.17) is 9.97 Å². The van der Waals surface area contributed by atoms with Gasteiger partial charge in [-0.25, -0.2) is 19.9 Å². The molecule has 4 heterocycles. The number of nitrogens with zero attached hydrogens (tertiary/aromatic N) is 6. The Balaban J connectivity index is 1.65. The van der Waals surface area contributed by atoms with E-state index in [1.54, 1.807) is 6.33 Å². The number of benzene rings is 3. The molecule has 3 aromatic carbocycles. The van der Waals surface area contributed by atoms with Gasteiger partial charge < -0.3 is 0 Å². The third-order valence-electron chi connectivity index (χ3n) is 6.15. The fraction of sp³-hybridized carbons (Fsp3) is 0. The lowest BCUT2D eigenvalue weighted by atomic mass is 10.2. The van der Waals surface area contributed by atoms with E-state index in [1.165, 1.54) is 0 Å². The molecule has 0 saturated heterocycles. The summed E-state index contributed by atoms with van der Waals surface area (Å²) in [6, 6.07) is 30.8. The average Bonchev–Trinajstić information content (AvgIpc) is 3.42. The van der Waals surface area contributed by atoms with Crippen LogP contribution in [-0.2, 0) is 0 Å². The molecule has 0 aliphatic rings. The van der Waals surface area contributed by atoms with Crippen molar-refractivity contribution in [1.82, 2.24) is 29.1 Å². The Kier molecular flexibility index (Phi) is 4.04. The number of aromatic nitrogens is 6. The molecule has 7 aromatic rings. The van der Waals surface area contributed by atoms with E-state index in [-0.39, 0.29) is 0 Å². The third kappa shape index (κ3) is 2.69. The lowest BCUT2D eigenvalue weighted by molar-refractivity contribution is 0.998. The summed E-state index contributed by atoms with van der Waals surface area (Å²) < 4.78 is 4.42. The smallest absolute Gasteiger partial charge is 0.161 e. The second kappa shape index (κ2) is 7.35. The first-order valence-electron chi connectivity index (χ1n) is 11.1. The molecular weight excluding hydrogens is 420 g/mol. The fourth-order valence-electron chi connectivity index (χ4n) is 4.73. The molecule has 6 heteroatoms. The molecular formula is C28H18N6. The molecule has 0 aliphatic heterocycles. The van der Waals surface area contributed by atoms with Crippen LogP contribution in [0.15, 0.2) is 110 Å². The summed E-state index contributed by atoms with van der Waals surface area (Å²) in [7, 11) is 0. The minimum Gasteiger partial charge on any atom is -0.295 e. The van der Waals surface area contributed by atoms with E-state index in [1.807, 2.05) is 54.9 Å². The number of hydrogen-bond donors (Lipinski definition) is 0. The fourth-order valence-corrected chi connectivity index (χ4v) is 4.73. The topological polar surface area (TPSA) is 61.4 Å². The van der Waals surface area contributed by atoms with Gasteiger partial charge in [-0.3, -0.25) is 9.13 Å². The molecule has 0 unspecified atom stereocenters. The molecule has 0 saturated carbocycles. The van der Waals surface area contributed by atoms with E-state index in [9.17, 15) is 0 Å². The van der Waals surface area contributed by atoms with Gasteiger partial charge in [-0.05, 0) is 24.3 Å². The highest BCUT2D eigenvalue weighted by atomic mass is 15.2. The van der Waals surface area contributed by atoms with Crippen molar-refractivity contribution in [3.05, 3.63) is 110 Å². The molecule has 0 bridgehead atoms. The van der Waals surface area contributed by atoms with Crippen molar-refractivity contribution in [3.8, 4) is 22.9 Å². The van der Waals surface area contributed by atoms with Crippen LogP contribution >= 0.6 is 0 Å².